The third kappa shape index (κ3) is 2.14. The van der Waals surface area contributed by atoms with Crippen LogP contribution in [0.4, 0.5) is 0 Å². The lowest BCUT2D eigenvalue weighted by Crippen LogP contribution is -2.04. The molecule has 0 aliphatic rings. The first-order valence-electron chi connectivity index (χ1n) is 7.05. The van der Waals surface area contributed by atoms with Crippen LogP contribution < -0.4 is 0 Å². The van der Waals surface area contributed by atoms with Crippen LogP contribution in [0.3, 0.4) is 0 Å². The van der Waals surface area contributed by atoms with Crippen molar-refractivity contribution < 1.29 is 0 Å². The van der Waals surface area contributed by atoms with Gasteiger partial charge in [0.1, 0.15) is 12.2 Å². The molecule has 0 amide bonds. The molecule has 0 aliphatic heterocycles. The molecule has 0 atom stereocenters. The number of hydrogen-bond acceptors (Lipinski definition) is 4. The Bertz CT molecular complexity index is 922. The van der Waals surface area contributed by atoms with Gasteiger partial charge in [-0.3, -0.25) is 4.68 Å². The summed E-state index contributed by atoms with van der Waals surface area (Å²) in [6.07, 6.45) is 0. The van der Waals surface area contributed by atoms with Crippen LogP contribution in [0.1, 0.15) is 5.82 Å². The Morgan fingerprint density at radius 2 is 1.68 bits per heavy atom. The minimum absolute atomic E-state index is 0.501. The SMILES string of the molecule is Cn1nnc(Cn2nc(-c3ccccc3)c3ccccc32)n1. The van der Waals surface area contributed by atoms with Gasteiger partial charge >= 0.3 is 0 Å². The number of fused-ring (bicyclic) bond motifs is 1. The van der Waals surface area contributed by atoms with Gasteiger partial charge < -0.3 is 0 Å². The summed E-state index contributed by atoms with van der Waals surface area (Å²) >= 11 is 0. The van der Waals surface area contributed by atoms with E-state index in [1.165, 1.54) is 4.80 Å². The van der Waals surface area contributed by atoms with E-state index in [1.54, 1.807) is 7.05 Å². The van der Waals surface area contributed by atoms with E-state index < -0.39 is 0 Å². The fourth-order valence-electron chi connectivity index (χ4n) is 2.58. The van der Waals surface area contributed by atoms with Gasteiger partial charge in [-0.15, -0.1) is 10.2 Å². The van der Waals surface area contributed by atoms with E-state index >= 15 is 0 Å². The van der Waals surface area contributed by atoms with E-state index in [1.807, 2.05) is 35.0 Å². The number of hydrogen-bond donors (Lipinski definition) is 0. The molecule has 0 unspecified atom stereocenters. The first-order valence-corrected chi connectivity index (χ1v) is 7.05. The van der Waals surface area contributed by atoms with Crippen LogP contribution in [0.15, 0.2) is 54.6 Å². The molecule has 108 valence electrons. The fourth-order valence-corrected chi connectivity index (χ4v) is 2.58. The summed E-state index contributed by atoms with van der Waals surface area (Å²) in [4.78, 5) is 1.46. The molecule has 2 aromatic carbocycles. The molecule has 2 aromatic heterocycles. The van der Waals surface area contributed by atoms with Gasteiger partial charge in [0.05, 0.1) is 12.6 Å². The van der Waals surface area contributed by atoms with Crippen LogP contribution in [0.2, 0.25) is 0 Å². The lowest BCUT2D eigenvalue weighted by Gasteiger charge is -1.98. The number of para-hydroxylation sites is 1. The highest BCUT2D eigenvalue weighted by Crippen LogP contribution is 2.27. The van der Waals surface area contributed by atoms with E-state index in [4.69, 9.17) is 5.10 Å². The van der Waals surface area contributed by atoms with Crippen LogP contribution in [0, 0.1) is 0 Å². The summed E-state index contributed by atoms with van der Waals surface area (Å²) in [6.45, 7) is 0.501. The minimum Gasteiger partial charge on any atom is -0.256 e. The number of rotatable bonds is 3. The molecule has 4 rings (SSSR count). The minimum atomic E-state index is 0.501. The zero-order chi connectivity index (χ0) is 14.9. The fraction of sp³-hybridized carbons (Fsp3) is 0.125. The normalized spacial score (nSPS) is 11.1. The molecule has 6 heteroatoms. The summed E-state index contributed by atoms with van der Waals surface area (Å²) < 4.78 is 1.93. The van der Waals surface area contributed by atoms with Crippen LogP contribution in [-0.4, -0.2) is 30.0 Å². The lowest BCUT2D eigenvalue weighted by atomic mass is 10.1. The first-order chi connectivity index (χ1) is 10.8. The Morgan fingerprint density at radius 1 is 0.909 bits per heavy atom. The summed E-state index contributed by atoms with van der Waals surface area (Å²) in [5.41, 5.74) is 3.14. The van der Waals surface area contributed by atoms with Gasteiger partial charge in [-0.05, 0) is 11.3 Å². The Hall–Kier alpha value is -3.02. The quantitative estimate of drug-likeness (QED) is 0.581. The third-order valence-corrected chi connectivity index (χ3v) is 3.55. The number of aromatic nitrogens is 6. The van der Waals surface area contributed by atoms with Crippen molar-refractivity contribution in [1.29, 1.82) is 0 Å². The highest BCUT2D eigenvalue weighted by Gasteiger charge is 2.13. The van der Waals surface area contributed by atoms with Gasteiger partial charge in [-0.25, -0.2) is 0 Å². The Balaban J connectivity index is 1.86. The number of tetrazole rings is 1. The van der Waals surface area contributed by atoms with E-state index in [0.29, 0.717) is 12.4 Å². The van der Waals surface area contributed by atoms with Crippen molar-refractivity contribution in [3.63, 3.8) is 0 Å². The van der Waals surface area contributed by atoms with Crippen molar-refractivity contribution in [2.45, 2.75) is 6.54 Å². The molecule has 6 nitrogen and oxygen atoms in total. The molecule has 22 heavy (non-hydrogen) atoms. The maximum atomic E-state index is 4.76. The summed E-state index contributed by atoms with van der Waals surface area (Å²) in [5.74, 6) is 0.648. The van der Waals surface area contributed by atoms with Crippen LogP contribution in [0.5, 0.6) is 0 Å². The van der Waals surface area contributed by atoms with Gasteiger partial charge in [0.2, 0.25) is 0 Å². The van der Waals surface area contributed by atoms with Crippen molar-refractivity contribution in [3.8, 4) is 11.3 Å². The second kappa shape index (κ2) is 5.07. The zero-order valence-electron chi connectivity index (χ0n) is 12.1. The molecular formula is C16H14N6. The monoisotopic (exact) mass is 290 g/mol. The van der Waals surface area contributed by atoms with Crippen LogP contribution in [0.25, 0.3) is 22.2 Å². The molecule has 0 radical (unpaired) electrons. The van der Waals surface area contributed by atoms with Crippen molar-refractivity contribution in [3.05, 3.63) is 60.4 Å². The molecule has 0 fully saturated rings. The maximum absolute atomic E-state index is 4.76. The van der Waals surface area contributed by atoms with Crippen molar-refractivity contribution in [2.75, 3.05) is 0 Å². The molecular weight excluding hydrogens is 276 g/mol. The largest absolute Gasteiger partial charge is 0.256 e. The van der Waals surface area contributed by atoms with Gasteiger partial charge in [0.15, 0.2) is 5.82 Å². The Kier molecular flexibility index (Phi) is 2.93. The Labute approximate surface area is 127 Å². The molecule has 0 N–H and O–H groups in total. The highest BCUT2D eigenvalue weighted by atomic mass is 15.6. The first kappa shape index (κ1) is 12.7. The number of aryl methyl sites for hydroxylation is 1. The number of nitrogens with zero attached hydrogens (tertiary/aromatic N) is 6. The Morgan fingerprint density at radius 3 is 2.45 bits per heavy atom. The topological polar surface area (TPSA) is 61.4 Å². The molecule has 0 saturated carbocycles. The van der Waals surface area contributed by atoms with E-state index in [0.717, 1.165) is 22.2 Å². The predicted molar refractivity (Wildman–Crippen MR) is 83.1 cm³/mol. The predicted octanol–water partition coefficient (Wildman–Crippen LogP) is 2.28. The third-order valence-electron chi connectivity index (χ3n) is 3.55. The number of benzene rings is 2. The lowest BCUT2D eigenvalue weighted by molar-refractivity contribution is 0.621. The van der Waals surface area contributed by atoms with Crippen LogP contribution in [-0.2, 0) is 13.6 Å². The molecule has 4 aromatic rings. The average molecular weight is 290 g/mol. The van der Waals surface area contributed by atoms with Gasteiger partial charge in [0, 0.05) is 10.9 Å². The van der Waals surface area contributed by atoms with E-state index in [-0.39, 0.29) is 0 Å². The smallest absolute Gasteiger partial charge is 0.196 e. The molecule has 0 aliphatic carbocycles. The van der Waals surface area contributed by atoms with Crippen LogP contribution >= 0.6 is 0 Å². The van der Waals surface area contributed by atoms with Crippen molar-refractivity contribution in [1.82, 2.24) is 30.0 Å². The van der Waals surface area contributed by atoms with E-state index in [2.05, 4.69) is 39.7 Å². The highest BCUT2D eigenvalue weighted by molar-refractivity contribution is 5.93. The van der Waals surface area contributed by atoms with Crippen molar-refractivity contribution in [2.24, 2.45) is 7.05 Å². The van der Waals surface area contributed by atoms with Crippen molar-refractivity contribution >= 4 is 10.9 Å². The summed E-state index contributed by atoms with van der Waals surface area (Å²) in [6, 6.07) is 18.4. The molecule has 2 heterocycles. The summed E-state index contributed by atoms with van der Waals surface area (Å²) in [5, 5.41) is 18.0. The molecule has 0 saturated heterocycles. The zero-order valence-corrected chi connectivity index (χ0v) is 12.1. The second-order valence-electron chi connectivity index (χ2n) is 5.08. The van der Waals surface area contributed by atoms with Gasteiger partial charge in [-0.1, -0.05) is 48.5 Å². The molecule has 0 bridgehead atoms. The average Bonchev–Trinajstić information content (AvgIpc) is 3.13. The van der Waals surface area contributed by atoms with Gasteiger partial charge in [-0.2, -0.15) is 9.90 Å². The maximum Gasteiger partial charge on any atom is 0.196 e. The van der Waals surface area contributed by atoms with E-state index in [9.17, 15) is 0 Å². The van der Waals surface area contributed by atoms with Gasteiger partial charge in [0.25, 0.3) is 0 Å². The standard InChI is InChI=1S/C16H14N6/c1-21-18-15(17-20-21)11-22-14-10-6-5-9-13(14)16(19-22)12-7-3-2-4-8-12/h2-10H,11H2,1H3. The molecule has 0 spiro atoms. The second-order valence-corrected chi connectivity index (χ2v) is 5.08. The summed E-state index contributed by atoms with van der Waals surface area (Å²) in [7, 11) is 1.76.